The molecule has 0 aliphatic carbocycles. The summed E-state index contributed by atoms with van der Waals surface area (Å²) >= 11 is 0. The predicted molar refractivity (Wildman–Crippen MR) is 114 cm³/mol. The van der Waals surface area contributed by atoms with Crippen LogP contribution in [-0.4, -0.2) is 5.91 Å². The Morgan fingerprint density at radius 1 is 0.552 bits per heavy atom. The second-order valence-corrected chi connectivity index (χ2v) is 6.28. The van der Waals surface area contributed by atoms with E-state index in [1.165, 1.54) is 0 Å². The highest BCUT2D eigenvalue weighted by Crippen LogP contribution is 2.31. The summed E-state index contributed by atoms with van der Waals surface area (Å²) in [5.41, 5.74) is 1.02. The Kier molecular flexibility index (Phi) is 5.53. The minimum Gasteiger partial charge on any atom is -0.457 e. The van der Waals surface area contributed by atoms with Crippen LogP contribution in [0.15, 0.2) is 109 Å². The first-order chi connectivity index (χ1) is 14.3. The van der Waals surface area contributed by atoms with Gasteiger partial charge in [-0.15, -0.1) is 0 Å². The number of carbonyl (C=O) groups is 1. The molecule has 0 heterocycles. The van der Waals surface area contributed by atoms with Gasteiger partial charge in [-0.05, 0) is 48.5 Å². The summed E-state index contributed by atoms with van der Waals surface area (Å²) in [6.45, 7) is 0. The first-order valence-electron chi connectivity index (χ1n) is 9.25. The molecule has 4 rings (SSSR count). The lowest BCUT2D eigenvalue weighted by molar-refractivity contribution is 0.102. The molecule has 0 saturated heterocycles. The van der Waals surface area contributed by atoms with Gasteiger partial charge >= 0.3 is 0 Å². The molecule has 0 bridgehead atoms. The fourth-order valence-electron chi connectivity index (χ4n) is 2.82. The van der Waals surface area contributed by atoms with Crippen molar-refractivity contribution in [2.75, 3.05) is 5.32 Å². The SMILES string of the molecule is O=C(Nc1ccccc1Oc1ccccc1)c1ccccc1Oc1ccccc1. The van der Waals surface area contributed by atoms with Gasteiger partial charge in [0.05, 0.1) is 11.3 Å². The van der Waals surface area contributed by atoms with Crippen molar-refractivity contribution in [3.05, 3.63) is 115 Å². The Labute approximate surface area is 169 Å². The van der Waals surface area contributed by atoms with Crippen LogP contribution in [0.1, 0.15) is 10.4 Å². The van der Waals surface area contributed by atoms with E-state index < -0.39 is 0 Å². The first-order valence-corrected chi connectivity index (χ1v) is 9.25. The number of nitrogens with one attached hydrogen (secondary N) is 1. The zero-order valence-corrected chi connectivity index (χ0v) is 15.6. The number of hydrogen-bond acceptors (Lipinski definition) is 3. The molecular weight excluding hydrogens is 362 g/mol. The van der Waals surface area contributed by atoms with E-state index in [2.05, 4.69) is 5.32 Å². The lowest BCUT2D eigenvalue weighted by Crippen LogP contribution is -2.13. The van der Waals surface area contributed by atoms with Crippen molar-refractivity contribution in [2.24, 2.45) is 0 Å². The topological polar surface area (TPSA) is 47.6 Å². The molecule has 0 saturated carbocycles. The number of benzene rings is 4. The van der Waals surface area contributed by atoms with Crippen LogP contribution in [-0.2, 0) is 0 Å². The molecule has 29 heavy (non-hydrogen) atoms. The second kappa shape index (κ2) is 8.76. The Balaban J connectivity index is 1.56. The number of amides is 1. The van der Waals surface area contributed by atoms with Gasteiger partial charge in [0.15, 0.2) is 5.75 Å². The van der Waals surface area contributed by atoms with E-state index >= 15 is 0 Å². The van der Waals surface area contributed by atoms with Crippen LogP contribution in [0.25, 0.3) is 0 Å². The van der Waals surface area contributed by atoms with Crippen LogP contribution in [0.2, 0.25) is 0 Å². The molecule has 1 amide bonds. The quantitative estimate of drug-likeness (QED) is 0.413. The normalized spacial score (nSPS) is 10.2. The average Bonchev–Trinajstić information content (AvgIpc) is 2.77. The lowest BCUT2D eigenvalue weighted by atomic mass is 10.1. The summed E-state index contributed by atoms with van der Waals surface area (Å²) < 4.78 is 11.8. The van der Waals surface area contributed by atoms with Crippen LogP contribution >= 0.6 is 0 Å². The third-order valence-corrected chi connectivity index (χ3v) is 4.21. The monoisotopic (exact) mass is 381 g/mol. The Bertz CT molecular complexity index is 1100. The predicted octanol–water partition coefficient (Wildman–Crippen LogP) is 6.52. The fourth-order valence-corrected chi connectivity index (χ4v) is 2.82. The summed E-state index contributed by atoms with van der Waals surface area (Å²) in [5, 5.41) is 2.93. The minimum absolute atomic E-state index is 0.277. The smallest absolute Gasteiger partial charge is 0.259 e. The average molecular weight is 381 g/mol. The number of ether oxygens (including phenoxy) is 2. The van der Waals surface area contributed by atoms with E-state index in [1.54, 1.807) is 24.3 Å². The van der Waals surface area contributed by atoms with Gasteiger partial charge in [0.2, 0.25) is 0 Å². The van der Waals surface area contributed by atoms with Crippen molar-refractivity contribution in [2.45, 2.75) is 0 Å². The largest absolute Gasteiger partial charge is 0.457 e. The molecule has 0 aliphatic heterocycles. The summed E-state index contributed by atoms with van der Waals surface area (Å²) in [4.78, 5) is 13.0. The molecule has 0 fully saturated rings. The Morgan fingerprint density at radius 3 is 1.69 bits per heavy atom. The van der Waals surface area contributed by atoms with Gasteiger partial charge in [-0.2, -0.15) is 0 Å². The summed E-state index contributed by atoms with van der Waals surface area (Å²) in [6, 6.07) is 33.3. The van der Waals surface area contributed by atoms with Crippen molar-refractivity contribution < 1.29 is 14.3 Å². The van der Waals surface area contributed by atoms with Crippen molar-refractivity contribution in [3.8, 4) is 23.0 Å². The number of hydrogen-bond donors (Lipinski definition) is 1. The number of rotatable bonds is 6. The van der Waals surface area contributed by atoms with Gasteiger partial charge in [-0.25, -0.2) is 0 Å². The molecule has 0 aliphatic rings. The van der Waals surface area contributed by atoms with E-state index in [-0.39, 0.29) is 5.91 Å². The van der Waals surface area contributed by atoms with Gasteiger partial charge in [-0.1, -0.05) is 60.7 Å². The second-order valence-electron chi connectivity index (χ2n) is 6.28. The van der Waals surface area contributed by atoms with E-state index in [4.69, 9.17) is 9.47 Å². The van der Waals surface area contributed by atoms with Gasteiger partial charge in [0, 0.05) is 0 Å². The van der Waals surface area contributed by atoms with E-state index in [1.807, 2.05) is 84.9 Å². The van der Waals surface area contributed by atoms with Crippen LogP contribution in [0.5, 0.6) is 23.0 Å². The van der Waals surface area contributed by atoms with Crippen molar-refractivity contribution in [1.29, 1.82) is 0 Å². The molecule has 0 unspecified atom stereocenters. The molecule has 0 aromatic heterocycles. The minimum atomic E-state index is -0.277. The maximum Gasteiger partial charge on any atom is 0.259 e. The summed E-state index contributed by atoms with van der Waals surface area (Å²) in [6.07, 6.45) is 0. The van der Waals surface area contributed by atoms with Crippen molar-refractivity contribution in [1.82, 2.24) is 0 Å². The Hall–Kier alpha value is -4.05. The molecular formula is C25H19NO3. The summed E-state index contributed by atoms with van der Waals surface area (Å²) in [7, 11) is 0. The lowest BCUT2D eigenvalue weighted by Gasteiger charge is -2.14. The molecule has 4 aromatic carbocycles. The van der Waals surface area contributed by atoms with Crippen molar-refractivity contribution >= 4 is 11.6 Å². The van der Waals surface area contributed by atoms with Gasteiger partial charge in [-0.3, -0.25) is 4.79 Å². The third-order valence-electron chi connectivity index (χ3n) is 4.21. The zero-order valence-electron chi connectivity index (χ0n) is 15.6. The fraction of sp³-hybridized carbons (Fsp3) is 0. The molecule has 4 aromatic rings. The summed E-state index contributed by atoms with van der Waals surface area (Å²) in [5.74, 6) is 2.13. The number of para-hydroxylation sites is 5. The number of carbonyl (C=O) groups excluding carboxylic acids is 1. The zero-order chi connectivity index (χ0) is 19.9. The molecule has 1 N–H and O–H groups in total. The number of anilines is 1. The van der Waals surface area contributed by atoms with E-state index in [0.717, 1.165) is 0 Å². The molecule has 4 nitrogen and oxygen atoms in total. The Morgan fingerprint density at radius 2 is 1.03 bits per heavy atom. The van der Waals surface area contributed by atoms with E-state index in [9.17, 15) is 4.79 Å². The maximum absolute atomic E-state index is 13.0. The van der Waals surface area contributed by atoms with E-state index in [0.29, 0.717) is 34.2 Å². The van der Waals surface area contributed by atoms with Crippen molar-refractivity contribution in [3.63, 3.8) is 0 Å². The van der Waals surface area contributed by atoms with Crippen LogP contribution in [0.4, 0.5) is 5.69 Å². The molecule has 4 heteroatoms. The molecule has 0 spiro atoms. The van der Waals surface area contributed by atoms with Gasteiger partial charge < -0.3 is 14.8 Å². The molecule has 0 atom stereocenters. The third kappa shape index (κ3) is 4.62. The van der Waals surface area contributed by atoms with Gasteiger partial charge in [0.1, 0.15) is 17.2 Å². The standard InChI is InChI=1S/C25H19NO3/c27-25(21-15-7-9-17-23(21)28-19-11-3-1-4-12-19)26-22-16-8-10-18-24(22)29-20-13-5-2-6-14-20/h1-18H,(H,26,27). The molecule has 0 radical (unpaired) electrons. The van der Waals surface area contributed by atoms with Crippen LogP contribution in [0.3, 0.4) is 0 Å². The highest BCUT2D eigenvalue weighted by atomic mass is 16.5. The van der Waals surface area contributed by atoms with Crippen LogP contribution in [0, 0.1) is 0 Å². The van der Waals surface area contributed by atoms with Gasteiger partial charge in [0.25, 0.3) is 5.91 Å². The first kappa shape index (κ1) is 18.3. The highest BCUT2D eigenvalue weighted by Gasteiger charge is 2.15. The maximum atomic E-state index is 13.0. The molecule has 142 valence electrons. The van der Waals surface area contributed by atoms with Crippen LogP contribution < -0.4 is 14.8 Å². The highest BCUT2D eigenvalue weighted by molar-refractivity contribution is 6.07.